The molecule has 0 amide bonds. The average molecular weight is 235 g/mol. The summed E-state index contributed by atoms with van der Waals surface area (Å²) in [5.41, 5.74) is 1.94. The topological polar surface area (TPSA) is 38.3 Å². The summed E-state index contributed by atoms with van der Waals surface area (Å²) in [6, 6.07) is 7.67. The van der Waals surface area contributed by atoms with Gasteiger partial charge in [-0.3, -0.25) is 4.79 Å². The first-order valence-electron chi connectivity index (χ1n) is 6.12. The zero-order chi connectivity index (χ0) is 12.5. The molecule has 0 spiro atoms. The Bertz CT molecular complexity index is 333. The van der Waals surface area contributed by atoms with Crippen LogP contribution in [-0.4, -0.2) is 32.1 Å². The highest BCUT2D eigenvalue weighted by atomic mass is 16.5. The number of hydrogen-bond donors (Lipinski definition) is 1. The second kappa shape index (κ2) is 7.98. The molecule has 3 nitrogen and oxygen atoms in total. The molecule has 0 saturated heterocycles. The van der Waals surface area contributed by atoms with Gasteiger partial charge in [-0.1, -0.05) is 29.8 Å². The van der Waals surface area contributed by atoms with Crippen molar-refractivity contribution in [1.82, 2.24) is 5.32 Å². The molecule has 0 aliphatic carbocycles. The molecule has 94 valence electrons. The fraction of sp³-hybridized carbons (Fsp3) is 0.500. The highest BCUT2D eigenvalue weighted by Gasteiger charge is 2.03. The van der Waals surface area contributed by atoms with Crippen LogP contribution in [0.1, 0.15) is 29.3 Å². The Morgan fingerprint density at radius 3 is 2.65 bits per heavy atom. The minimum atomic E-state index is 0.140. The molecule has 0 heterocycles. The Labute approximate surface area is 103 Å². The molecule has 0 aliphatic heterocycles. The van der Waals surface area contributed by atoms with Gasteiger partial charge in [-0.2, -0.15) is 0 Å². The molecule has 0 bridgehead atoms. The van der Waals surface area contributed by atoms with Crippen molar-refractivity contribution < 1.29 is 9.53 Å². The van der Waals surface area contributed by atoms with Crippen LogP contribution in [0.15, 0.2) is 24.3 Å². The van der Waals surface area contributed by atoms with Crippen LogP contribution < -0.4 is 5.32 Å². The maximum Gasteiger partial charge on any atom is 0.176 e. The number of benzene rings is 1. The molecule has 1 aromatic rings. The van der Waals surface area contributed by atoms with Crippen LogP contribution in [0.25, 0.3) is 0 Å². The molecule has 17 heavy (non-hydrogen) atoms. The molecule has 0 atom stereocenters. The number of ketones is 1. The van der Waals surface area contributed by atoms with Gasteiger partial charge in [-0.05, 0) is 26.8 Å². The van der Waals surface area contributed by atoms with Gasteiger partial charge in [0.15, 0.2) is 5.78 Å². The van der Waals surface area contributed by atoms with E-state index in [1.165, 1.54) is 5.56 Å². The standard InChI is InChI=1S/C14H21NO2/c1-3-17-10-4-9-15-11-14(16)13-7-5-12(2)6-8-13/h5-8,15H,3-4,9-11H2,1-2H3. The third-order valence-corrected chi connectivity index (χ3v) is 2.51. The zero-order valence-electron chi connectivity index (χ0n) is 10.7. The first-order valence-corrected chi connectivity index (χ1v) is 6.12. The Hall–Kier alpha value is -1.19. The fourth-order valence-electron chi connectivity index (χ4n) is 1.49. The van der Waals surface area contributed by atoms with Crippen LogP contribution in [0.2, 0.25) is 0 Å². The predicted molar refractivity (Wildman–Crippen MR) is 69.5 cm³/mol. The summed E-state index contributed by atoms with van der Waals surface area (Å²) in [7, 11) is 0. The maximum atomic E-state index is 11.8. The largest absolute Gasteiger partial charge is 0.382 e. The third-order valence-electron chi connectivity index (χ3n) is 2.51. The minimum Gasteiger partial charge on any atom is -0.382 e. The Morgan fingerprint density at radius 1 is 1.29 bits per heavy atom. The molecule has 0 saturated carbocycles. The summed E-state index contributed by atoms with van der Waals surface area (Å²) < 4.78 is 5.21. The molecule has 0 radical (unpaired) electrons. The number of rotatable bonds is 8. The van der Waals surface area contributed by atoms with Crippen molar-refractivity contribution in [1.29, 1.82) is 0 Å². The van der Waals surface area contributed by atoms with Gasteiger partial charge in [0, 0.05) is 18.8 Å². The predicted octanol–water partition coefficient (Wildman–Crippen LogP) is 2.19. The SMILES string of the molecule is CCOCCCNCC(=O)c1ccc(C)cc1. The van der Waals surface area contributed by atoms with Gasteiger partial charge in [0.25, 0.3) is 0 Å². The monoisotopic (exact) mass is 235 g/mol. The van der Waals surface area contributed by atoms with E-state index >= 15 is 0 Å². The number of ether oxygens (including phenoxy) is 1. The number of nitrogens with one attached hydrogen (secondary N) is 1. The normalized spacial score (nSPS) is 10.5. The van der Waals surface area contributed by atoms with Crippen LogP contribution in [0.4, 0.5) is 0 Å². The van der Waals surface area contributed by atoms with Gasteiger partial charge >= 0.3 is 0 Å². The van der Waals surface area contributed by atoms with Crippen molar-refractivity contribution >= 4 is 5.78 Å². The van der Waals surface area contributed by atoms with E-state index < -0.39 is 0 Å². The van der Waals surface area contributed by atoms with E-state index in [2.05, 4.69) is 5.32 Å². The van der Waals surface area contributed by atoms with Crippen molar-refractivity contribution in [2.24, 2.45) is 0 Å². The van der Waals surface area contributed by atoms with E-state index in [1.807, 2.05) is 38.1 Å². The number of hydrogen-bond acceptors (Lipinski definition) is 3. The third kappa shape index (κ3) is 5.61. The van der Waals surface area contributed by atoms with Gasteiger partial charge in [-0.25, -0.2) is 0 Å². The van der Waals surface area contributed by atoms with Crippen molar-refractivity contribution in [3.05, 3.63) is 35.4 Å². The smallest absolute Gasteiger partial charge is 0.176 e. The molecule has 0 aromatic heterocycles. The van der Waals surface area contributed by atoms with Gasteiger partial charge in [0.1, 0.15) is 0 Å². The van der Waals surface area contributed by atoms with Gasteiger partial charge < -0.3 is 10.1 Å². The number of carbonyl (C=O) groups excluding carboxylic acids is 1. The van der Waals surface area contributed by atoms with Crippen LogP contribution in [0.3, 0.4) is 0 Å². The zero-order valence-corrected chi connectivity index (χ0v) is 10.7. The maximum absolute atomic E-state index is 11.8. The Balaban J connectivity index is 2.19. The lowest BCUT2D eigenvalue weighted by molar-refractivity contribution is 0.0988. The second-order valence-corrected chi connectivity index (χ2v) is 4.02. The van der Waals surface area contributed by atoms with Crippen LogP contribution in [0, 0.1) is 6.92 Å². The van der Waals surface area contributed by atoms with E-state index in [0.29, 0.717) is 6.54 Å². The number of Topliss-reactive ketones (excluding diaryl/α,β-unsaturated/α-hetero) is 1. The van der Waals surface area contributed by atoms with Gasteiger partial charge in [-0.15, -0.1) is 0 Å². The lowest BCUT2D eigenvalue weighted by Crippen LogP contribution is -2.24. The molecule has 0 fully saturated rings. The summed E-state index contributed by atoms with van der Waals surface area (Å²) in [5, 5.41) is 3.13. The van der Waals surface area contributed by atoms with E-state index in [9.17, 15) is 4.79 Å². The minimum absolute atomic E-state index is 0.140. The van der Waals surface area contributed by atoms with Crippen molar-refractivity contribution in [2.45, 2.75) is 20.3 Å². The van der Waals surface area contributed by atoms with Crippen LogP contribution in [-0.2, 0) is 4.74 Å². The van der Waals surface area contributed by atoms with Crippen molar-refractivity contribution in [3.8, 4) is 0 Å². The Morgan fingerprint density at radius 2 is 2.00 bits per heavy atom. The van der Waals surface area contributed by atoms with Gasteiger partial charge in [0.05, 0.1) is 6.54 Å². The molecular weight excluding hydrogens is 214 g/mol. The number of aryl methyl sites for hydroxylation is 1. The quantitative estimate of drug-likeness (QED) is 0.554. The molecular formula is C14H21NO2. The highest BCUT2D eigenvalue weighted by Crippen LogP contribution is 2.03. The van der Waals surface area contributed by atoms with E-state index in [-0.39, 0.29) is 5.78 Å². The molecule has 1 rings (SSSR count). The molecule has 1 N–H and O–H groups in total. The van der Waals surface area contributed by atoms with E-state index in [0.717, 1.165) is 31.7 Å². The summed E-state index contributed by atoms with van der Waals surface area (Å²) in [5.74, 6) is 0.140. The average Bonchev–Trinajstić information content (AvgIpc) is 2.34. The lowest BCUT2D eigenvalue weighted by atomic mass is 10.1. The first-order chi connectivity index (χ1) is 8.24. The number of carbonyl (C=O) groups is 1. The first kappa shape index (κ1) is 13.9. The molecule has 0 aliphatic rings. The van der Waals surface area contributed by atoms with E-state index in [4.69, 9.17) is 4.74 Å². The summed E-state index contributed by atoms with van der Waals surface area (Å²) in [4.78, 5) is 11.8. The highest BCUT2D eigenvalue weighted by molar-refractivity contribution is 5.97. The second-order valence-electron chi connectivity index (χ2n) is 4.02. The fourth-order valence-corrected chi connectivity index (χ4v) is 1.49. The molecule has 0 unspecified atom stereocenters. The molecule has 1 aromatic carbocycles. The van der Waals surface area contributed by atoms with Crippen molar-refractivity contribution in [2.75, 3.05) is 26.3 Å². The van der Waals surface area contributed by atoms with Crippen LogP contribution in [0.5, 0.6) is 0 Å². The Kier molecular flexibility index (Phi) is 6.51. The summed E-state index contributed by atoms with van der Waals surface area (Å²) in [6.07, 6.45) is 0.940. The summed E-state index contributed by atoms with van der Waals surface area (Å²) in [6.45, 7) is 6.71. The van der Waals surface area contributed by atoms with E-state index in [1.54, 1.807) is 0 Å². The molecule has 3 heteroatoms. The van der Waals surface area contributed by atoms with Gasteiger partial charge in [0.2, 0.25) is 0 Å². The van der Waals surface area contributed by atoms with Crippen molar-refractivity contribution in [3.63, 3.8) is 0 Å². The van der Waals surface area contributed by atoms with Crippen LogP contribution >= 0.6 is 0 Å². The lowest BCUT2D eigenvalue weighted by Gasteiger charge is -2.04. The summed E-state index contributed by atoms with van der Waals surface area (Å²) >= 11 is 0.